The predicted molar refractivity (Wildman–Crippen MR) is 147 cm³/mol. The number of amides is 5. The van der Waals surface area contributed by atoms with Gasteiger partial charge in [0.25, 0.3) is 0 Å². The average Bonchev–Trinajstić information content (AvgIpc) is 2.83. The van der Waals surface area contributed by atoms with Gasteiger partial charge >= 0.3 is 11.9 Å². The summed E-state index contributed by atoms with van der Waals surface area (Å²) in [5, 5.41) is 29.0. The van der Waals surface area contributed by atoms with Crippen molar-refractivity contribution in [1.82, 2.24) is 26.6 Å². The van der Waals surface area contributed by atoms with E-state index in [0.29, 0.717) is 0 Å². The Kier molecular flexibility index (Phi) is 16.2. The molecular weight excluding hydrogens is 564 g/mol. The van der Waals surface area contributed by atoms with Crippen LogP contribution in [0.3, 0.4) is 0 Å². The van der Waals surface area contributed by atoms with E-state index in [-0.39, 0.29) is 13.0 Å². The number of carboxylic acid groups (broad SMARTS) is 2. The lowest BCUT2D eigenvalue weighted by molar-refractivity contribution is -0.142. The first-order valence-corrected chi connectivity index (χ1v) is 13.2. The lowest BCUT2D eigenvalue weighted by Gasteiger charge is -2.28. The molecule has 0 aromatic carbocycles. The Morgan fingerprint density at radius 2 is 1.02 bits per heavy atom. The van der Waals surface area contributed by atoms with Crippen LogP contribution >= 0.6 is 12.6 Å². The lowest BCUT2D eigenvalue weighted by Crippen LogP contribution is -2.60. The smallest absolute Gasteiger partial charge is 0.305 e. The first-order chi connectivity index (χ1) is 18.9. The second-order valence-corrected chi connectivity index (χ2v) is 10.4. The maximum absolute atomic E-state index is 13.1. The molecule has 0 bridgehead atoms. The molecule has 0 aliphatic rings. The fourth-order valence-corrected chi connectivity index (χ4v) is 3.69. The van der Waals surface area contributed by atoms with E-state index in [2.05, 4.69) is 39.2 Å². The second-order valence-electron chi connectivity index (χ2n) is 9.95. The molecule has 17 heteroatoms. The molecule has 9 N–H and O–H groups in total. The number of nitrogens with two attached hydrogens (primary N) is 1. The summed E-state index contributed by atoms with van der Waals surface area (Å²) in [6, 6.07) is -6.81. The van der Waals surface area contributed by atoms with Crippen LogP contribution in [0.15, 0.2) is 0 Å². The van der Waals surface area contributed by atoms with Crippen molar-refractivity contribution in [2.24, 2.45) is 17.6 Å². The molecule has 0 heterocycles. The van der Waals surface area contributed by atoms with Crippen LogP contribution in [-0.4, -0.2) is 93.6 Å². The normalized spacial score (nSPS) is 14.6. The van der Waals surface area contributed by atoms with E-state index in [1.165, 1.54) is 6.92 Å². The third-order valence-corrected chi connectivity index (χ3v) is 5.96. The van der Waals surface area contributed by atoms with E-state index in [4.69, 9.17) is 10.8 Å². The molecule has 0 fully saturated rings. The van der Waals surface area contributed by atoms with Gasteiger partial charge in [0.1, 0.15) is 30.2 Å². The molecule has 5 atom stereocenters. The maximum Gasteiger partial charge on any atom is 0.305 e. The van der Waals surface area contributed by atoms with Crippen molar-refractivity contribution in [3.8, 4) is 0 Å². The van der Waals surface area contributed by atoms with Gasteiger partial charge < -0.3 is 42.5 Å². The molecule has 0 radical (unpaired) electrons. The third kappa shape index (κ3) is 13.9. The number of hydrogen-bond donors (Lipinski definition) is 9. The quantitative estimate of drug-likeness (QED) is 0.0738. The van der Waals surface area contributed by atoms with Crippen molar-refractivity contribution in [3.63, 3.8) is 0 Å². The van der Waals surface area contributed by atoms with E-state index in [9.17, 15) is 43.5 Å². The molecule has 16 nitrogen and oxygen atoms in total. The summed E-state index contributed by atoms with van der Waals surface area (Å²) in [7, 11) is 0. The van der Waals surface area contributed by atoms with Gasteiger partial charge in [-0.05, 0) is 24.8 Å². The van der Waals surface area contributed by atoms with Crippen molar-refractivity contribution in [2.75, 3.05) is 6.54 Å². The van der Waals surface area contributed by atoms with Gasteiger partial charge in [-0.2, -0.15) is 0 Å². The zero-order valence-electron chi connectivity index (χ0n) is 23.6. The van der Waals surface area contributed by atoms with Crippen LogP contribution in [0.5, 0.6) is 0 Å². The van der Waals surface area contributed by atoms with E-state index in [1.807, 2.05) is 0 Å². The molecule has 232 valence electrons. The summed E-state index contributed by atoms with van der Waals surface area (Å²) in [5.74, 6) is -7.92. The predicted octanol–water partition coefficient (Wildman–Crippen LogP) is -2.50. The van der Waals surface area contributed by atoms with Crippen molar-refractivity contribution in [2.45, 2.75) is 84.1 Å². The van der Waals surface area contributed by atoms with Gasteiger partial charge in [-0.1, -0.05) is 27.7 Å². The molecule has 0 aromatic rings. The minimum absolute atomic E-state index is 0.0898. The van der Waals surface area contributed by atoms with Crippen LogP contribution in [0.2, 0.25) is 0 Å². The largest absolute Gasteiger partial charge is 0.481 e. The summed E-state index contributed by atoms with van der Waals surface area (Å²) < 4.78 is 0. The van der Waals surface area contributed by atoms with Gasteiger partial charge in [0.05, 0.1) is 12.8 Å². The van der Waals surface area contributed by atoms with E-state index in [1.54, 1.807) is 27.7 Å². The van der Waals surface area contributed by atoms with Crippen LogP contribution in [-0.2, 0) is 38.4 Å². The van der Waals surface area contributed by atoms with Gasteiger partial charge in [0, 0.05) is 6.92 Å². The van der Waals surface area contributed by atoms with Crippen LogP contribution < -0.4 is 32.3 Å². The average molecular weight is 605 g/mol. The molecule has 0 unspecified atom stereocenters. The maximum atomic E-state index is 13.1. The van der Waals surface area contributed by atoms with Crippen LogP contribution in [0.4, 0.5) is 0 Å². The van der Waals surface area contributed by atoms with Crippen LogP contribution in [0.25, 0.3) is 0 Å². The Morgan fingerprint density at radius 1 is 0.634 bits per heavy atom. The molecule has 0 aliphatic heterocycles. The minimum Gasteiger partial charge on any atom is -0.481 e. The standard InChI is InChI=1S/C24H40N6O10S/c1-10(2)18(26-12(5)31)22(38)28-14(8-16(32)33)21(37)30-19(11(3)4)23(39)27-13(6-7-25)20(36)29-15(24(40)41)9-17(34)35/h10-11,13-15,18-19H,6-9,25H2,1-5H3,(H,26,31)(H,27,39)(H,28,38)(H,29,36)(H,30,37)(H,32,33)(H,34,35)(H,40,41)/t13-,14-,15-,18-,19-/m0/s1. The molecule has 0 rings (SSSR count). The molecule has 0 spiro atoms. The molecule has 41 heavy (non-hydrogen) atoms. The van der Waals surface area contributed by atoms with Gasteiger partial charge in [-0.15, -0.1) is 12.6 Å². The highest BCUT2D eigenvalue weighted by Crippen LogP contribution is 2.08. The highest BCUT2D eigenvalue weighted by atomic mass is 32.1. The number of thiol groups is 1. The molecule has 5 amide bonds. The van der Waals surface area contributed by atoms with E-state index >= 15 is 0 Å². The topological polar surface area (TPSA) is 263 Å². The Bertz CT molecular complexity index is 1010. The zero-order chi connectivity index (χ0) is 32.0. The monoisotopic (exact) mass is 604 g/mol. The number of aliphatic carboxylic acids is 2. The Labute approximate surface area is 242 Å². The second kappa shape index (κ2) is 17.9. The number of rotatable bonds is 18. The van der Waals surface area contributed by atoms with Gasteiger partial charge in [0.2, 0.25) is 34.7 Å². The number of carbonyl (C=O) groups excluding carboxylic acids is 6. The number of carbonyl (C=O) groups is 8. The fraction of sp³-hybridized carbons (Fsp3) is 0.667. The first-order valence-electron chi connectivity index (χ1n) is 12.8. The molecule has 0 aromatic heterocycles. The molecular formula is C24H40N6O10S. The van der Waals surface area contributed by atoms with Crippen LogP contribution in [0.1, 0.15) is 53.9 Å². The Balaban J connectivity index is 5.83. The fourth-order valence-electron chi connectivity index (χ4n) is 3.53. The van der Waals surface area contributed by atoms with E-state index in [0.717, 1.165) is 0 Å². The summed E-state index contributed by atoms with van der Waals surface area (Å²) in [4.78, 5) is 97.2. The van der Waals surface area contributed by atoms with Crippen molar-refractivity contribution >= 4 is 59.2 Å². The third-order valence-electron chi connectivity index (χ3n) is 5.65. The van der Waals surface area contributed by atoms with Crippen molar-refractivity contribution in [3.05, 3.63) is 0 Å². The summed E-state index contributed by atoms with van der Waals surface area (Å²) in [5.41, 5.74) is 5.54. The van der Waals surface area contributed by atoms with Gasteiger partial charge in [-0.3, -0.25) is 38.4 Å². The van der Waals surface area contributed by atoms with Gasteiger partial charge in [-0.25, -0.2) is 0 Å². The number of carboxylic acids is 2. The number of hydrogen-bond acceptors (Lipinski definition) is 9. The van der Waals surface area contributed by atoms with Crippen molar-refractivity contribution < 1.29 is 48.6 Å². The molecule has 0 saturated heterocycles. The Morgan fingerprint density at radius 3 is 1.41 bits per heavy atom. The zero-order valence-corrected chi connectivity index (χ0v) is 24.4. The molecule has 0 saturated carbocycles. The summed E-state index contributed by atoms with van der Waals surface area (Å²) in [6.07, 6.45) is -1.71. The van der Waals surface area contributed by atoms with Gasteiger partial charge in [0.15, 0.2) is 0 Å². The highest BCUT2D eigenvalue weighted by Gasteiger charge is 2.34. The van der Waals surface area contributed by atoms with Crippen molar-refractivity contribution in [1.29, 1.82) is 0 Å². The lowest BCUT2D eigenvalue weighted by atomic mass is 10.0. The number of nitrogens with one attached hydrogen (secondary N) is 5. The minimum atomic E-state index is -1.62. The van der Waals surface area contributed by atoms with E-state index < -0.39 is 101 Å². The highest BCUT2D eigenvalue weighted by molar-refractivity contribution is 7.96. The Hall–Kier alpha value is -3.73. The molecule has 0 aliphatic carbocycles. The summed E-state index contributed by atoms with van der Waals surface area (Å²) >= 11 is 3.57. The summed E-state index contributed by atoms with van der Waals surface area (Å²) in [6.45, 7) is 7.48. The first kappa shape index (κ1) is 37.3. The van der Waals surface area contributed by atoms with Crippen LogP contribution in [0, 0.1) is 11.8 Å². The SMILES string of the molecule is CC(=O)N[C@H](C(=O)N[C@@H](CC(=O)O)C(=O)N[C@H](C(=O)N[C@@H](CCN)C(=O)N[C@@H](CC(=O)O)C(=O)S)C(C)C)C(C)C.